The van der Waals surface area contributed by atoms with Crippen LogP contribution in [0.25, 0.3) is 11.0 Å². The Morgan fingerprint density at radius 2 is 1.75 bits per heavy atom. The first-order chi connectivity index (χ1) is 13.2. The molecule has 6 heteroatoms. The van der Waals surface area contributed by atoms with Crippen LogP contribution in [-0.4, -0.2) is 28.6 Å². The third kappa shape index (κ3) is 6.22. The van der Waals surface area contributed by atoms with Gasteiger partial charge in [-0.15, -0.1) is 24.0 Å². The van der Waals surface area contributed by atoms with Crippen LogP contribution in [-0.2, 0) is 13.1 Å². The molecule has 0 aliphatic carbocycles. The summed E-state index contributed by atoms with van der Waals surface area (Å²) >= 11 is 0. The van der Waals surface area contributed by atoms with E-state index in [1.807, 2.05) is 18.5 Å². The molecule has 5 nitrogen and oxygen atoms in total. The van der Waals surface area contributed by atoms with E-state index in [4.69, 9.17) is 0 Å². The van der Waals surface area contributed by atoms with E-state index in [1.165, 1.54) is 11.1 Å². The van der Waals surface area contributed by atoms with Crippen LogP contribution in [0.2, 0.25) is 0 Å². The fraction of sp³-hybridized carbons (Fsp3) is 0.364. The molecule has 2 aromatic carbocycles. The normalized spacial score (nSPS) is 11.5. The highest BCUT2D eigenvalue weighted by Gasteiger charge is 2.03. The summed E-state index contributed by atoms with van der Waals surface area (Å²) in [7, 11) is 0. The van der Waals surface area contributed by atoms with Gasteiger partial charge in [0, 0.05) is 19.6 Å². The maximum atomic E-state index is 4.68. The number of nitrogens with zero attached hydrogens (tertiary/aromatic N) is 3. The minimum absolute atomic E-state index is 0. The van der Waals surface area contributed by atoms with Crippen molar-refractivity contribution in [1.82, 2.24) is 20.2 Å². The zero-order valence-electron chi connectivity index (χ0n) is 16.9. The van der Waals surface area contributed by atoms with Crippen molar-refractivity contribution in [2.45, 2.75) is 33.9 Å². The van der Waals surface area contributed by atoms with Crippen LogP contribution in [0.5, 0.6) is 0 Å². The van der Waals surface area contributed by atoms with Crippen molar-refractivity contribution in [3.05, 3.63) is 66.0 Å². The quantitative estimate of drug-likeness (QED) is 0.293. The molecule has 0 bridgehead atoms. The van der Waals surface area contributed by atoms with Crippen molar-refractivity contribution in [3.63, 3.8) is 0 Å². The molecule has 0 saturated carbocycles. The van der Waals surface area contributed by atoms with Gasteiger partial charge in [0.15, 0.2) is 5.96 Å². The van der Waals surface area contributed by atoms with E-state index in [2.05, 4.69) is 82.3 Å². The number of hydrogen-bond acceptors (Lipinski definition) is 2. The Bertz CT molecular complexity index is 883. The summed E-state index contributed by atoms with van der Waals surface area (Å²) in [4.78, 5) is 9.14. The van der Waals surface area contributed by atoms with Crippen molar-refractivity contribution in [2.75, 3.05) is 13.1 Å². The van der Waals surface area contributed by atoms with Gasteiger partial charge in [-0.1, -0.05) is 50.2 Å². The van der Waals surface area contributed by atoms with Gasteiger partial charge in [-0.2, -0.15) is 0 Å². The maximum Gasteiger partial charge on any atom is 0.191 e. The lowest BCUT2D eigenvalue weighted by molar-refractivity contribution is 0.615. The number of nitrogens with one attached hydrogen (secondary N) is 2. The highest BCUT2D eigenvalue weighted by Crippen LogP contribution is 2.14. The zero-order chi connectivity index (χ0) is 19.1. The molecule has 0 atom stereocenters. The summed E-state index contributed by atoms with van der Waals surface area (Å²) in [6.45, 7) is 9.74. The van der Waals surface area contributed by atoms with E-state index in [-0.39, 0.29) is 24.0 Å². The van der Waals surface area contributed by atoms with Crippen molar-refractivity contribution in [3.8, 4) is 0 Å². The Labute approximate surface area is 184 Å². The molecule has 2 N–H and O–H groups in total. The third-order valence-electron chi connectivity index (χ3n) is 4.34. The van der Waals surface area contributed by atoms with Gasteiger partial charge >= 0.3 is 0 Å². The number of hydrogen-bond donors (Lipinski definition) is 2. The molecule has 3 aromatic rings. The number of imidazole rings is 1. The Balaban J connectivity index is 0.00000280. The summed E-state index contributed by atoms with van der Waals surface area (Å²) in [6, 6.07) is 16.9. The number of aliphatic imine (C=N–C) groups is 1. The van der Waals surface area contributed by atoms with Crippen molar-refractivity contribution in [2.24, 2.45) is 10.9 Å². The lowest BCUT2D eigenvalue weighted by atomic mass is 10.1. The highest BCUT2D eigenvalue weighted by molar-refractivity contribution is 14.0. The largest absolute Gasteiger partial charge is 0.357 e. The fourth-order valence-electron chi connectivity index (χ4n) is 2.90. The molecule has 0 saturated heterocycles. The summed E-state index contributed by atoms with van der Waals surface area (Å²) in [5.74, 6) is 1.47. The molecule has 150 valence electrons. The minimum atomic E-state index is 0. The topological polar surface area (TPSA) is 54.2 Å². The molecule has 3 rings (SSSR count). The molecule has 28 heavy (non-hydrogen) atoms. The molecule has 0 unspecified atom stereocenters. The van der Waals surface area contributed by atoms with E-state index in [9.17, 15) is 0 Å². The fourth-order valence-corrected chi connectivity index (χ4v) is 2.90. The predicted octanol–water partition coefficient (Wildman–Crippen LogP) is 4.41. The third-order valence-corrected chi connectivity index (χ3v) is 4.34. The van der Waals surface area contributed by atoms with E-state index in [1.54, 1.807) is 0 Å². The lowest BCUT2D eigenvalue weighted by Gasteiger charge is -2.13. The molecule has 0 amide bonds. The number of rotatable bonds is 7. The average Bonchev–Trinajstić information content (AvgIpc) is 3.08. The molecule has 0 fully saturated rings. The van der Waals surface area contributed by atoms with Crippen LogP contribution >= 0.6 is 24.0 Å². The summed E-state index contributed by atoms with van der Waals surface area (Å²) in [5, 5.41) is 6.67. The second kappa shape index (κ2) is 11.0. The Morgan fingerprint density at radius 1 is 1.04 bits per heavy atom. The predicted molar refractivity (Wildman–Crippen MR) is 128 cm³/mol. The molecular weight excluding hydrogens is 461 g/mol. The Kier molecular flexibility index (Phi) is 8.76. The summed E-state index contributed by atoms with van der Waals surface area (Å²) in [5.41, 5.74) is 4.66. The summed E-state index contributed by atoms with van der Waals surface area (Å²) < 4.78 is 2.18. The monoisotopic (exact) mass is 491 g/mol. The van der Waals surface area contributed by atoms with E-state index >= 15 is 0 Å². The van der Waals surface area contributed by atoms with E-state index in [0.29, 0.717) is 12.5 Å². The second-order valence-corrected chi connectivity index (χ2v) is 7.15. The molecule has 0 aliphatic heterocycles. The standard InChI is InChI=1S/C22H29N5.HI/c1-4-23-22(24-13-17(2)3)25-14-18-9-11-19(12-10-18)15-27-16-26-20-7-5-6-8-21(20)27;/h5-12,16-17H,4,13-15H2,1-3H3,(H2,23,24,25);1H. The molecular formula is C22H30IN5. The first-order valence-corrected chi connectivity index (χ1v) is 9.65. The molecule has 0 spiro atoms. The van der Waals surface area contributed by atoms with Crippen LogP contribution in [0.3, 0.4) is 0 Å². The first-order valence-electron chi connectivity index (χ1n) is 9.65. The SMILES string of the molecule is CCNC(=NCc1ccc(Cn2cnc3ccccc32)cc1)NCC(C)C.I. The van der Waals surface area contributed by atoms with Gasteiger partial charge in [0.2, 0.25) is 0 Å². The number of fused-ring (bicyclic) bond motifs is 1. The lowest BCUT2D eigenvalue weighted by Crippen LogP contribution is -2.39. The average molecular weight is 491 g/mol. The number of guanidine groups is 1. The first kappa shape index (κ1) is 22.2. The number of para-hydroxylation sites is 2. The van der Waals surface area contributed by atoms with Crippen LogP contribution in [0.1, 0.15) is 31.9 Å². The van der Waals surface area contributed by atoms with Crippen molar-refractivity contribution in [1.29, 1.82) is 0 Å². The summed E-state index contributed by atoms with van der Waals surface area (Å²) in [6.07, 6.45) is 1.91. The second-order valence-electron chi connectivity index (χ2n) is 7.15. The van der Waals surface area contributed by atoms with Gasteiger partial charge in [-0.05, 0) is 36.1 Å². The smallest absolute Gasteiger partial charge is 0.191 e. The van der Waals surface area contributed by atoms with Gasteiger partial charge < -0.3 is 15.2 Å². The van der Waals surface area contributed by atoms with E-state index < -0.39 is 0 Å². The number of benzene rings is 2. The minimum Gasteiger partial charge on any atom is -0.357 e. The maximum absolute atomic E-state index is 4.68. The van der Waals surface area contributed by atoms with Gasteiger partial charge in [-0.3, -0.25) is 0 Å². The number of aromatic nitrogens is 2. The Morgan fingerprint density at radius 3 is 2.46 bits per heavy atom. The van der Waals surface area contributed by atoms with Crippen LogP contribution in [0, 0.1) is 5.92 Å². The van der Waals surface area contributed by atoms with Gasteiger partial charge in [0.05, 0.1) is 23.9 Å². The molecule has 1 heterocycles. The van der Waals surface area contributed by atoms with Crippen LogP contribution in [0.15, 0.2) is 59.9 Å². The molecule has 0 radical (unpaired) electrons. The number of halogens is 1. The van der Waals surface area contributed by atoms with Gasteiger partial charge in [-0.25, -0.2) is 9.98 Å². The van der Waals surface area contributed by atoms with Crippen LogP contribution in [0.4, 0.5) is 0 Å². The van der Waals surface area contributed by atoms with Gasteiger partial charge in [0.1, 0.15) is 0 Å². The highest BCUT2D eigenvalue weighted by atomic mass is 127. The molecule has 0 aliphatic rings. The van der Waals surface area contributed by atoms with E-state index in [0.717, 1.165) is 36.6 Å². The van der Waals surface area contributed by atoms with Crippen LogP contribution < -0.4 is 10.6 Å². The van der Waals surface area contributed by atoms with Crippen molar-refractivity contribution < 1.29 is 0 Å². The van der Waals surface area contributed by atoms with Crippen molar-refractivity contribution >= 4 is 41.0 Å². The van der Waals surface area contributed by atoms with Gasteiger partial charge in [0.25, 0.3) is 0 Å². The zero-order valence-corrected chi connectivity index (χ0v) is 19.2. The molecule has 1 aromatic heterocycles. The Hall–Kier alpha value is -2.09.